The molecule has 0 radical (unpaired) electrons. The number of carbonyl (C=O) groups is 7. The van der Waals surface area contributed by atoms with E-state index in [0.717, 1.165) is 0 Å². The van der Waals surface area contributed by atoms with Gasteiger partial charge in [-0.25, -0.2) is 13.1 Å². The molecule has 0 aliphatic carbocycles. The van der Waals surface area contributed by atoms with Crippen molar-refractivity contribution in [2.24, 2.45) is 33.7 Å². The second kappa shape index (κ2) is 33.3. The van der Waals surface area contributed by atoms with Crippen LogP contribution in [0.4, 0.5) is 0 Å². The maximum Gasteiger partial charge on any atom is 0.251 e. The normalized spacial score (nSPS) is 12.3. The monoisotopic (exact) mass is 1050 g/mol. The van der Waals surface area contributed by atoms with Crippen molar-refractivity contribution < 1.29 is 42.0 Å². The lowest BCUT2D eigenvalue weighted by Crippen LogP contribution is -2.53. The molecular formula is C48H74N16O9S. The van der Waals surface area contributed by atoms with Crippen molar-refractivity contribution in [2.45, 2.75) is 100 Å². The van der Waals surface area contributed by atoms with E-state index in [9.17, 15) is 42.0 Å². The van der Waals surface area contributed by atoms with E-state index >= 15 is 0 Å². The number of carbonyl (C=O) groups excluding carboxylic acids is 7. The number of primary amides is 1. The van der Waals surface area contributed by atoms with Gasteiger partial charge in [-0.05, 0) is 94.2 Å². The molecule has 26 heteroatoms. The third-order valence-electron chi connectivity index (χ3n) is 11.2. The van der Waals surface area contributed by atoms with Gasteiger partial charge in [-0.15, -0.1) is 0 Å². The first-order valence-electron chi connectivity index (χ1n) is 24.5. The summed E-state index contributed by atoms with van der Waals surface area (Å²) in [4.78, 5) is 97.6. The van der Waals surface area contributed by atoms with Gasteiger partial charge >= 0.3 is 0 Å². The first-order valence-corrected chi connectivity index (χ1v) is 25.9. The quantitative estimate of drug-likeness (QED) is 0.0165. The minimum absolute atomic E-state index is 0.0256. The minimum Gasteiger partial charge on any atom is -0.386 e. The molecule has 0 aliphatic rings. The Morgan fingerprint density at radius 1 is 0.649 bits per heavy atom. The maximum atomic E-state index is 13.3. The van der Waals surface area contributed by atoms with E-state index in [-0.39, 0.29) is 99.5 Å². The number of nitrogens with two attached hydrogens (primary N) is 5. The van der Waals surface area contributed by atoms with Crippen LogP contribution in [0.1, 0.15) is 86.6 Å². The van der Waals surface area contributed by atoms with E-state index in [2.05, 4.69) is 63.8 Å². The molecule has 25 nitrogen and oxygen atoms in total. The summed E-state index contributed by atoms with van der Waals surface area (Å²) in [6.45, 7) is 4.65. The van der Waals surface area contributed by atoms with Gasteiger partial charge in [0.05, 0.1) is 23.8 Å². The summed E-state index contributed by atoms with van der Waals surface area (Å²) in [5.41, 5.74) is 28.5. The highest BCUT2D eigenvalue weighted by Crippen LogP contribution is 2.21. The Morgan fingerprint density at radius 3 is 2.04 bits per heavy atom. The molecule has 19 N–H and O–H groups in total. The Balaban J connectivity index is 1.37. The third kappa shape index (κ3) is 23.9. The molecule has 3 atom stereocenters. The molecule has 0 fully saturated rings. The molecule has 3 aromatic rings. The average Bonchev–Trinajstić information content (AvgIpc) is 3.36. The molecule has 74 heavy (non-hydrogen) atoms. The number of rotatable bonds is 37. The Labute approximate surface area is 431 Å². The Hall–Kier alpha value is -7.42. The number of hydrogen-bond acceptors (Lipinski definition) is 15. The molecule has 406 valence electrons. The first-order chi connectivity index (χ1) is 35.4. The summed E-state index contributed by atoms with van der Waals surface area (Å²) in [6, 6.07) is 10.2. The van der Waals surface area contributed by atoms with Crippen molar-refractivity contribution in [1.82, 2.24) is 52.2 Å². The zero-order valence-corrected chi connectivity index (χ0v) is 42.5. The van der Waals surface area contributed by atoms with E-state index in [0.29, 0.717) is 86.4 Å². The Kier molecular flexibility index (Phi) is 27.4. The fourth-order valence-corrected chi connectivity index (χ4v) is 8.52. The van der Waals surface area contributed by atoms with Crippen molar-refractivity contribution in [1.29, 1.82) is 0 Å². The number of sulfonamides is 1. The van der Waals surface area contributed by atoms with Crippen LogP contribution >= 0.6 is 0 Å². The fourth-order valence-electron chi connectivity index (χ4n) is 7.26. The molecule has 0 saturated carbocycles. The smallest absolute Gasteiger partial charge is 0.251 e. The van der Waals surface area contributed by atoms with Crippen LogP contribution in [-0.4, -0.2) is 131 Å². The van der Waals surface area contributed by atoms with E-state index in [1.54, 1.807) is 48.7 Å². The molecule has 0 bridgehead atoms. The molecule has 0 aliphatic heterocycles. The minimum atomic E-state index is -3.85. The van der Waals surface area contributed by atoms with Crippen LogP contribution in [0.25, 0.3) is 10.8 Å². The van der Waals surface area contributed by atoms with Gasteiger partial charge < -0.3 is 65.9 Å². The summed E-state index contributed by atoms with van der Waals surface area (Å²) >= 11 is 0. The Bertz CT molecular complexity index is 2470. The van der Waals surface area contributed by atoms with Gasteiger partial charge in [0.1, 0.15) is 18.1 Å². The van der Waals surface area contributed by atoms with Crippen LogP contribution in [0.3, 0.4) is 0 Å². The fraction of sp³-hybridized carbons (Fsp3) is 0.479. The predicted octanol–water partition coefficient (Wildman–Crippen LogP) is -2.25. The first kappa shape index (κ1) is 60.9. The summed E-state index contributed by atoms with van der Waals surface area (Å²) in [5, 5.41) is 23.1. The highest BCUT2D eigenvalue weighted by Gasteiger charge is 2.26. The third-order valence-corrected chi connectivity index (χ3v) is 12.7. The highest BCUT2D eigenvalue weighted by molar-refractivity contribution is 7.89. The SMILES string of the molecule is C=C(N)NCCC[C@@H](NC(=O)[C@@H](CCCN=C(N)N)NC(=O)CCCCCNC(=O)[C@@H](CCCCN)NC(=O)c1ccc(CNC(=O)CNCC(=O)NCCNS(=O)(=O)c2cccc3cnccc23)cc1)C(N)=O. The number of amides is 7. The maximum absolute atomic E-state index is 13.3. The van der Waals surface area contributed by atoms with Crippen molar-refractivity contribution >= 4 is 68.1 Å². The lowest BCUT2D eigenvalue weighted by molar-refractivity contribution is -0.131. The number of guanidine groups is 1. The molecular weight excluding hydrogens is 977 g/mol. The summed E-state index contributed by atoms with van der Waals surface area (Å²) in [6.07, 6.45) is 7.55. The van der Waals surface area contributed by atoms with Crippen molar-refractivity contribution in [3.63, 3.8) is 0 Å². The lowest BCUT2D eigenvalue weighted by atomic mass is 10.1. The van der Waals surface area contributed by atoms with Crippen LogP contribution in [0.2, 0.25) is 0 Å². The number of hydrogen-bond donors (Lipinski definition) is 14. The Morgan fingerprint density at radius 2 is 1.34 bits per heavy atom. The van der Waals surface area contributed by atoms with Gasteiger partial charge in [-0.3, -0.25) is 48.9 Å². The molecule has 1 aromatic heterocycles. The summed E-state index contributed by atoms with van der Waals surface area (Å²) < 4.78 is 28.2. The van der Waals surface area contributed by atoms with Crippen LogP contribution in [-0.2, 0) is 45.3 Å². The van der Waals surface area contributed by atoms with Gasteiger partial charge in [0.15, 0.2) is 5.96 Å². The number of aromatic nitrogens is 1. The highest BCUT2D eigenvalue weighted by atomic mass is 32.2. The molecule has 7 amide bonds. The van der Waals surface area contributed by atoms with E-state index in [1.165, 1.54) is 12.3 Å². The van der Waals surface area contributed by atoms with Crippen LogP contribution in [0.15, 0.2) is 83.2 Å². The van der Waals surface area contributed by atoms with Crippen LogP contribution in [0.5, 0.6) is 0 Å². The van der Waals surface area contributed by atoms with Crippen LogP contribution < -0.4 is 75.9 Å². The molecule has 2 aromatic carbocycles. The van der Waals surface area contributed by atoms with Crippen molar-refractivity contribution in [3.8, 4) is 0 Å². The van der Waals surface area contributed by atoms with E-state index in [1.807, 2.05) is 0 Å². The largest absolute Gasteiger partial charge is 0.386 e. The van der Waals surface area contributed by atoms with Crippen molar-refractivity contribution in [3.05, 3.63) is 84.5 Å². The number of benzene rings is 2. The molecule has 1 heterocycles. The number of nitrogens with zero attached hydrogens (tertiary/aromatic N) is 2. The standard InChI is InChI=1S/C48H74N16O9S/c1-32(50)56-23-8-12-37(44(51)68)63-47(71)39(13-9-24-59-48(52)53)62-41(65)15-3-2-6-22-58-46(70)38(11-4-5-21-49)64-45(69)34-18-16-33(17-19-34)28-60-43(67)31-55-30-42(66)57-26-27-61-74(72,73)40-14-7-10-35-29-54-25-20-36(35)40/h7,10,14,16-20,25,29,37-39,55-56,61H,1-6,8-9,11-13,15,21-24,26-28,30-31,49-50H2,(H2,51,68)(H,57,66)(H,58,70)(H,60,67)(H,62,65)(H,63,71)(H,64,69)(H4,52,53,59)/t37-,38-,39-/m1/s1. The summed E-state index contributed by atoms with van der Waals surface area (Å²) in [5.74, 6) is -3.21. The zero-order chi connectivity index (χ0) is 54.3. The van der Waals surface area contributed by atoms with Gasteiger partial charge in [0.25, 0.3) is 5.91 Å². The van der Waals surface area contributed by atoms with Crippen molar-refractivity contribution in [2.75, 3.05) is 52.4 Å². The molecule has 0 spiro atoms. The van der Waals surface area contributed by atoms with Gasteiger partial charge in [-0.2, -0.15) is 0 Å². The molecule has 3 rings (SSSR count). The number of pyridine rings is 1. The van der Waals surface area contributed by atoms with Gasteiger partial charge in [0, 0.05) is 74.4 Å². The molecule has 0 saturated heterocycles. The van der Waals surface area contributed by atoms with E-state index < -0.39 is 51.8 Å². The lowest BCUT2D eigenvalue weighted by Gasteiger charge is -2.22. The average molecular weight is 1050 g/mol. The van der Waals surface area contributed by atoms with E-state index in [4.69, 9.17) is 28.7 Å². The van der Waals surface area contributed by atoms with Gasteiger partial charge in [0.2, 0.25) is 45.5 Å². The zero-order valence-electron chi connectivity index (χ0n) is 41.7. The second-order valence-corrected chi connectivity index (χ2v) is 19.0. The summed E-state index contributed by atoms with van der Waals surface area (Å²) in [7, 11) is -3.85. The second-order valence-electron chi connectivity index (χ2n) is 17.2. The molecule has 0 unspecified atom stereocenters. The van der Waals surface area contributed by atoms with Crippen LogP contribution in [0, 0.1) is 0 Å². The number of aliphatic imine (C=N–C) groups is 1. The number of fused-ring (bicyclic) bond motifs is 1. The number of unbranched alkanes of at least 4 members (excludes halogenated alkanes) is 3. The number of nitrogens with one attached hydrogen (secondary N) is 9. The topological polar surface area (TPSA) is 417 Å². The van der Waals surface area contributed by atoms with Gasteiger partial charge in [-0.1, -0.05) is 37.3 Å². The predicted molar refractivity (Wildman–Crippen MR) is 280 cm³/mol.